The van der Waals surface area contributed by atoms with E-state index in [9.17, 15) is 17.6 Å². The molecule has 1 amide bonds. The van der Waals surface area contributed by atoms with Crippen LogP contribution in [0.15, 0.2) is 36.0 Å². The first-order chi connectivity index (χ1) is 14.6. The summed E-state index contributed by atoms with van der Waals surface area (Å²) in [5.74, 6) is -0.621. The van der Waals surface area contributed by atoms with Crippen molar-refractivity contribution >= 4 is 44.7 Å². The molecule has 0 bridgehead atoms. The summed E-state index contributed by atoms with van der Waals surface area (Å²) in [6, 6.07) is 4.00. The molecule has 2 aromatic heterocycles. The molecule has 2 N–H and O–H groups in total. The summed E-state index contributed by atoms with van der Waals surface area (Å²) in [6.07, 6.45) is 1.78. The maximum atomic E-state index is 13.4. The van der Waals surface area contributed by atoms with Gasteiger partial charge in [-0.05, 0) is 30.7 Å². The number of hydrogen-bond donors (Lipinski definition) is 2. The lowest BCUT2D eigenvalue weighted by Gasteiger charge is -2.35. The molecule has 13 heteroatoms. The Morgan fingerprint density at radius 1 is 1.35 bits per heavy atom. The Hall–Kier alpha value is -2.38. The normalized spacial score (nSPS) is 21.2. The molecule has 1 aliphatic rings. The molecule has 1 aromatic carbocycles. The fraction of sp³-hybridized carbons (Fsp3) is 0.278. The van der Waals surface area contributed by atoms with E-state index in [1.807, 2.05) is 11.4 Å². The second-order valence-electron chi connectivity index (χ2n) is 7.04. The Balaban J connectivity index is 1.57. The van der Waals surface area contributed by atoms with E-state index < -0.39 is 34.0 Å². The second kappa shape index (κ2) is 8.28. The molecular weight excluding hydrogens is 467 g/mol. The molecule has 4 rings (SSSR count). The molecule has 31 heavy (non-hydrogen) atoms. The van der Waals surface area contributed by atoms with Gasteiger partial charge in [-0.25, -0.2) is 9.37 Å². The van der Waals surface area contributed by atoms with Crippen molar-refractivity contribution in [2.24, 2.45) is 7.05 Å². The van der Waals surface area contributed by atoms with Crippen molar-refractivity contribution in [3.05, 3.63) is 51.7 Å². The van der Waals surface area contributed by atoms with Crippen molar-refractivity contribution in [1.29, 1.82) is 0 Å². The number of amides is 1. The molecule has 1 saturated heterocycles. The lowest BCUT2D eigenvalue weighted by molar-refractivity contribution is -0.120. The smallest absolute Gasteiger partial charge is 0.280 e. The predicted molar refractivity (Wildman–Crippen MR) is 115 cm³/mol. The molecule has 0 saturated carbocycles. The molecule has 1 fully saturated rings. The predicted octanol–water partition coefficient (Wildman–Crippen LogP) is 2.55. The number of rotatable bonds is 4. The first kappa shape index (κ1) is 21.8. The molecule has 0 aliphatic carbocycles. The zero-order chi connectivity index (χ0) is 22.3. The van der Waals surface area contributed by atoms with E-state index in [1.165, 1.54) is 30.5 Å². The van der Waals surface area contributed by atoms with E-state index in [0.29, 0.717) is 5.82 Å². The van der Waals surface area contributed by atoms with Gasteiger partial charge in [0, 0.05) is 35.6 Å². The van der Waals surface area contributed by atoms with E-state index >= 15 is 0 Å². The largest absolute Gasteiger partial charge is 0.325 e. The highest BCUT2D eigenvalue weighted by Gasteiger charge is 2.41. The summed E-state index contributed by atoms with van der Waals surface area (Å²) in [7, 11) is -0.816. The fourth-order valence-corrected chi connectivity index (χ4v) is 5.69. The van der Waals surface area contributed by atoms with Gasteiger partial charge in [-0.15, -0.1) is 11.3 Å². The summed E-state index contributed by atoms with van der Waals surface area (Å²) < 4.78 is 43.8. The third-order valence-electron chi connectivity index (χ3n) is 4.88. The van der Waals surface area contributed by atoms with Gasteiger partial charge < -0.3 is 5.32 Å². The zero-order valence-corrected chi connectivity index (χ0v) is 18.8. The lowest BCUT2D eigenvalue weighted by atomic mass is 10.0. The van der Waals surface area contributed by atoms with Crippen LogP contribution >= 0.6 is 22.9 Å². The third-order valence-corrected chi connectivity index (χ3v) is 7.81. The van der Waals surface area contributed by atoms with Crippen molar-refractivity contribution in [3.63, 3.8) is 0 Å². The number of halogens is 2. The highest BCUT2D eigenvalue weighted by molar-refractivity contribution is 7.87. The van der Waals surface area contributed by atoms with Crippen LogP contribution in [-0.2, 0) is 22.1 Å². The van der Waals surface area contributed by atoms with Gasteiger partial charge >= 0.3 is 0 Å². The number of carbonyl (C=O) groups is 1. The Morgan fingerprint density at radius 2 is 2.13 bits per heavy atom. The van der Waals surface area contributed by atoms with Crippen molar-refractivity contribution in [2.45, 2.75) is 18.5 Å². The number of anilines is 1. The number of thiophene rings is 1. The summed E-state index contributed by atoms with van der Waals surface area (Å²) in [5.41, 5.74) is 1.04. The van der Waals surface area contributed by atoms with Gasteiger partial charge in [0.15, 0.2) is 5.82 Å². The first-order valence-corrected chi connectivity index (χ1v) is 11.8. The van der Waals surface area contributed by atoms with Crippen LogP contribution in [0, 0.1) is 5.82 Å². The number of hydrogen-bond acceptors (Lipinski definition) is 6. The summed E-state index contributed by atoms with van der Waals surface area (Å²) >= 11 is 7.12. The van der Waals surface area contributed by atoms with Crippen LogP contribution in [0.25, 0.3) is 11.4 Å². The van der Waals surface area contributed by atoms with Crippen LogP contribution in [0.4, 0.5) is 10.1 Å². The topological polar surface area (TPSA) is 109 Å². The van der Waals surface area contributed by atoms with Gasteiger partial charge in [-0.3, -0.25) is 9.48 Å². The Morgan fingerprint density at radius 3 is 2.81 bits per heavy atom. The van der Waals surface area contributed by atoms with Crippen molar-refractivity contribution in [2.75, 3.05) is 12.4 Å². The van der Waals surface area contributed by atoms with E-state index in [-0.39, 0.29) is 17.1 Å². The number of aromatic nitrogens is 3. The second-order valence-corrected chi connectivity index (χ2v) is 10.2. The highest BCUT2D eigenvalue weighted by Crippen LogP contribution is 2.34. The van der Waals surface area contributed by atoms with Crippen LogP contribution in [0.2, 0.25) is 5.02 Å². The van der Waals surface area contributed by atoms with Crippen LogP contribution in [0.1, 0.15) is 17.3 Å². The van der Waals surface area contributed by atoms with Crippen LogP contribution in [-0.4, -0.2) is 46.5 Å². The summed E-state index contributed by atoms with van der Waals surface area (Å²) in [4.78, 5) is 17.8. The van der Waals surface area contributed by atoms with Gasteiger partial charge in [0.25, 0.3) is 10.2 Å². The fourth-order valence-electron chi connectivity index (χ4n) is 3.22. The third kappa shape index (κ3) is 4.48. The standard InChI is InChI=1S/C18H18ClFN6O3S2/c1-25-9-21-17(23-25)10-5-16(30-8-10)14-7-15(26(2)31(28,29)24-14)18(27)22-11-3-4-13(20)12(19)6-11/h3-6,8-9,14-15,24H,7H2,1-2H3,(H,22,27)/t14-,15+/m0/s1. The average Bonchev–Trinajstić information content (AvgIpc) is 3.35. The molecule has 9 nitrogen and oxygen atoms in total. The number of nitrogens with one attached hydrogen (secondary N) is 2. The Kier molecular flexibility index (Phi) is 5.83. The first-order valence-electron chi connectivity index (χ1n) is 9.09. The maximum absolute atomic E-state index is 13.4. The van der Waals surface area contributed by atoms with E-state index in [4.69, 9.17) is 11.6 Å². The van der Waals surface area contributed by atoms with E-state index in [0.717, 1.165) is 20.8 Å². The minimum atomic E-state index is -3.90. The highest BCUT2D eigenvalue weighted by atomic mass is 35.5. The monoisotopic (exact) mass is 484 g/mol. The van der Waals surface area contributed by atoms with E-state index in [2.05, 4.69) is 20.1 Å². The number of carbonyl (C=O) groups excluding carboxylic acids is 1. The zero-order valence-electron chi connectivity index (χ0n) is 16.4. The lowest BCUT2D eigenvalue weighted by Crippen LogP contribution is -2.55. The maximum Gasteiger partial charge on any atom is 0.280 e. The molecule has 3 heterocycles. The Bertz CT molecular complexity index is 1240. The van der Waals surface area contributed by atoms with Gasteiger partial charge in [0.2, 0.25) is 5.91 Å². The minimum Gasteiger partial charge on any atom is -0.325 e. The van der Waals surface area contributed by atoms with Gasteiger partial charge in [-0.2, -0.15) is 22.5 Å². The molecule has 2 atom stereocenters. The number of benzene rings is 1. The average molecular weight is 485 g/mol. The molecule has 164 valence electrons. The minimum absolute atomic E-state index is 0.142. The number of likely N-dealkylation sites (N-methyl/N-ethyl adjacent to an activating group) is 1. The van der Waals surface area contributed by atoms with Crippen LogP contribution in [0.5, 0.6) is 0 Å². The molecule has 0 radical (unpaired) electrons. The SMILES string of the molecule is CN1[C@@H](C(=O)Nc2ccc(F)c(Cl)c2)C[C@@H](c2cc(-c3ncn(C)n3)cs2)NS1(=O)=O. The molecule has 1 aliphatic heterocycles. The van der Waals surface area contributed by atoms with Gasteiger partial charge in [0.05, 0.1) is 11.1 Å². The van der Waals surface area contributed by atoms with Crippen molar-refractivity contribution < 1.29 is 17.6 Å². The quantitative estimate of drug-likeness (QED) is 0.591. The molecule has 0 spiro atoms. The molecule has 3 aromatic rings. The number of nitrogens with zero attached hydrogens (tertiary/aromatic N) is 4. The van der Waals surface area contributed by atoms with Crippen molar-refractivity contribution in [3.8, 4) is 11.4 Å². The number of aryl methyl sites for hydroxylation is 1. The summed E-state index contributed by atoms with van der Waals surface area (Å²) in [6.45, 7) is 0. The van der Waals surface area contributed by atoms with Crippen molar-refractivity contribution in [1.82, 2.24) is 23.8 Å². The van der Waals surface area contributed by atoms with E-state index in [1.54, 1.807) is 18.1 Å². The van der Waals surface area contributed by atoms with Crippen LogP contribution < -0.4 is 10.0 Å². The molecule has 0 unspecified atom stereocenters. The van der Waals surface area contributed by atoms with Gasteiger partial charge in [-0.1, -0.05) is 11.6 Å². The van der Waals surface area contributed by atoms with Crippen LogP contribution in [0.3, 0.4) is 0 Å². The molecular formula is C18H18ClFN6O3S2. The Labute approximate surface area is 187 Å². The summed E-state index contributed by atoms with van der Waals surface area (Å²) in [5, 5.41) is 8.56. The van der Waals surface area contributed by atoms with Gasteiger partial charge in [0.1, 0.15) is 18.2 Å².